The average Bonchev–Trinajstić information content (AvgIpc) is 4.07. The van der Waals surface area contributed by atoms with Crippen LogP contribution in [0.1, 0.15) is 0 Å². The van der Waals surface area contributed by atoms with Crippen LogP contribution in [0.5, 0.6) is 0 Å². The summed E-state index contributed by atoms with van der Waals surface area (Å²) in [6.07, 6.45) is 0. The van der Waals surface area contributed by atoms with Crippen LogP contribution in [0.15, 0.2) is 273 Å². The lowest BCUT2D eigenvalue weighted by Crippen LogP contribution is -2.74. The van der Waals surface area contributed by atoms with Gasteiger partial charge in [-0.25, -0.2) is 0 Å². The fourth-order valence-electron chi connectivity index (χ4n) is 11.8. The van der Waals surface area contributed by atoms with E-state index in [9.17, 15) is 0 Å². The van der Waals surface area contributed by atoms with Gasteiger partial charge in [-0.3, -0.25) is 0 Å². The first-order valence-corrected chi connectivity index (χ1v) is 26.2. The molecule has 0 unspecified atom stereocenters. The van der Waals surface area contributed by atoms with E-state index in [2.05, 4.69) is 287 Å². The average molecular weight is 908 g/mol. The zero-order valence-corrected chi connectivity index (χ0v) is 39.3. The highest BCUT2D eigenvalue weighted by molar-refractivity contribution is 7.20. The topological polar surface area (TPSA) is 14.8 Å². The Balaban J connectivity index is 1.06. The molecule has 0 aliphatic rings. The Labute approximate surface area is 407 Å². The first-order valence-electron chi connectivity index (χ1n) is 24.2. The highest BCUT2D eigenvalue weighted by atomic mass is 28.3. The largest absolute Gasteiger partial charge is 0.309 e. The molecule has 70 heavy (non-hydrogen) atoms. The molecule has 3 heterocycles. The van der Waals surface area contributed by atoms with E-state index in [1.807, 2.05) is 0 Å². The molecule has 0 spiro atoms. The van der Waals surface area contributed by atoms with Gasteiger partial charge in [-0.05, 0) is 87.0 Å². The van der Waals surface area contributed by atoms with Gasteiger partial charge in [-0.2, -0.15) is 0 Å². The molecule has 0 N–H and O–H groups in total. The summed E-state index contributed by atoms with van der Waals surface area (Å²) in [5, 5.41) is 12.8. The second-order valence-electron chi connectivity index (χ2n) is 18.4. The van der Waals surface area contributed by atoms with Gasteiger partial charge in [0.2, 0.25) is 0 Å². The number of hydrogen-bond acceptors (Lipinski definition) is 0. The molecule has 0 radical (unpaired) electrons. The van der Waals surface area contributed by atoms with Gasteiger partial charge in [0.05, 0.1) is 38.8 Å². The van der Waals surface area contributed by atoms with Crippen LogP contribution in [-0.4, -0.2) is 21.8 Å². The van der Waals surface area contributed by atoms with Crippen molar-refractivity contribution < 1.29 is 0 Å². The van der Waals surface area contributed by atoms with Crippen molar-refractivity contribution in [2.75, 3.05) is 0 Å². The van der Waals surface area contributed by atoms with Gasteiger partial charge >= 0.3 is 0 Å². The van der Waals surface area contributed by atoms with Crippen molar-refractivity contribution in [3.63, 3.8) is 0 Å². The maximum atomic E-state index is 2.52. The lowest BCUT2D eigenvalue weighted by Gasteiger charge is -2.34. The summed E-state index contributed by atoms with van der Waals surface area (Å²) in [5.41, 5.74) is 12.9. The molecule has 0 saturated carbocycles. The summed E-state index contributed by atoms with van der Waals surface area (Å²) in [5.74, 6) is 0. The summed E-state index contributed by atoms with van der Waals surface area (Å²) in [6, 6.07) is 101. The Bertz CT molecular complexity index is 4130. The number of nitrogens with zero attached hydrogens (tertiary/aromatic N) is 3. The first-order chi connectivity index (χ1) is 34.8. The number of para-hydroxylation sites is 4. The Morgan fingerprint density at radius 1 is 0.229 bits per heavy atom. The van der Waals surface area contributed by atoms with Crippen molar-refractivity contribution >= 4 is 94.2 Å². The fourth-order valence-corrected chi connectivity index (χ4v) is 16.6. The standard InChI is InChI=1S/C66H45N3Si/c1-5-21-46(22-6-1)53-29-13-17-33-60(53)69-64-42-38-47(67-61-34-18-14-30-54(61)55-31-15-19-35-62(55)67)43-59(64)58-40-37-48(44-65(58)69)68-63-36-20-16-32-56(63)57-41-39-52(45-66(57)68)70(49-23-7-2-8-24-49,50-25-9-3-10-26-50)51-27-11-4-12-28-51/h1-45H. The molecule has 0 saturated heterocycles. The quantitative estimate of drug-likeness (QED) is 0.107. The molecule has 14 aromatic rings. The van der Waals surface area contributed by atoms with Crippen LogP contribution in [-0.2, 0) is 0 Å². The number of rotatable bonds is 8. The molecule has 4 heteroatoms. The van der Waals surface area contributed by atoms with Crippen LogP contribution in [0, 0.1) is 0 Å². The third-order valence-corrected chi connectivity index (χ3v) is 19.6. The van der Waals surface area contributed by atoms with Crippen molar-refractivity contribution in [2.24, 2.45) is 0 Å². The molecular weight excluding hydrogens is 863 g/mol. The van der Waals surface area contributed by atoms with Gasteiger partial charge in [0.25, 0.3) is 0 Å². The maximum absolute atomic E-state index is 2.83. The van der Waals surface area contributed by atoms with E-state index < -0.39 is 8.07 Å². The third-order valence-electron chi connectivity index (χ3n) is 14.8. The molecular formula is C66H45N3Si. The lowest BCUT2D eigenvalue weighted by molar-refractivity contribution is 1.15. The third kappa shape index (κ3) is 6.00. The van der Waals surface area contributed by atoms with Gasteiger partial charge in [0.15, 0.2) is 8.07 Å². The normalized spacial score (nSPS) is 12.0. The molecule has 0 bridgehead atoms. The number of fused-ring (bicyclic) bond motifs is 9. The van der Waals surface area contributed by atoms with E-state index in [1.54, 1.807) is 0 Å². The maximum Gasteiger partial charge on any atom is 0.179 e. The monoisotopic (exact) mass is 907 g/mol. The van der Waals surface area contributed by atoms with Crippen molar-refractivity contribution in [3.05, 3.63) is 273 Å². The number of benzene rings is 11. The molecule has 0 amide bonds. The van der Waals surface area contributed by atoms with Crippen LogP contribution in [0.3, 0.4) is 0 Å². The predicted molar refractivity (Wildman–Crippen MR) is 299 cm³/mol. The molecule has 14 rings (SSSR count). The van der Waals surface area contributed by atoms with E-state index in [0.29, 0.717) is 0 Å². The lowest BCUT2D eigenvalue weighted by atomic mass is 10.0. The highest BCUT2D eigenvalue weighted by Crippen LogP contribution is 2.41. The van der Waals surface area contributed by atoms with Crippen molar-refractivity contribution in [1.29, 1.82) is 0 Å². The summed E-state index contributed by atoms with van der Waals surface area (Å²) in [6.45, 7) is 0. The van der Waals surface area contributed by atoms with Gasteiger partial charge in [-0.1, -0.05) is 212 Å². The van der Waals surface area contributed by atoms with E-state index >= 15 is 0 Å². The highest BCUT2D eigenvalue weighted by Gasteiger charge is 2.41. The van der Waals surface area contributed by atoms with Crippen molar-refractivity contribution in [1.82, 2.24) is 13.7 Å². The van der Waals surface area contributed by atoms with E-state index in [-0.39, 0.29) is 0 Å². The second-order valence-corrected chi connectivity index (χ2v) is 22.2. The van der Waals surface area contributed by atoms with Gasteiger partial charge in [0.1, 0.15) is 0 Å². The molecule has 3 aromatic heterocycles. The summed E-state index contributed by atoms with van der Waals surface area (Å²) in [4.78, 5) is 0. The summed E-state index contributed by atoms with van der Waals surface area (Å²) >= 11 is 0. The summed E-state index contributed by atoms with van der Waals surface area (Å²) < 4.78 is 7.45. The minimum absolute atomic E-state index is 1.12. The molecule has 11 aromatic carbocycles. The number of aromatic nitrogens is 3. The van der Waals surface area contributed by atoms with Crippen LogP contribution >= 0.6 is 0 Å². The molecule has 0 fully saturated rings. The van der Waals surface area contributed by atoms with E-state index in [4.69, 9.17) is 0 Å². The Hall–Kier alpha value is -8.96. The zero-order valence-electron chi connectivity index (χ0n) is 38.3. The number of hydrogen-bond donors (Lipinski definition) is 0. The minimum Gasteiger partial charge on any atom is -0.309 e. The first kappa shape index (κ1) is 40.1. The van der Waals surface area contributed by atoms with Gasteiger partial charge < -0.3 is 13.7 Å². The molecule has 3 nitrogen and oxygen atoms in total. The Morgan fingerprint density at radius 3 is 1.21 bits per heavy atom. The van der Waals surface area contributed by atoms with Gasteiger partial charge in [0, 0.05) is 49.3 Å². The Morgan fingerprint density at radius 2 is 0.629 bits per heavy atom. The SMILES string of the molecule is c1ccc(-c2ccccc2-n2c3ccc(-n4c5ccccc5c5ccccc54)cc3c3ccc(-n4c5ccccc5c5ccc([Si](c6ccccc6)(c6ccccc6)c6ccccc6)cc54)cc32)cc1. The predicted octanol–water partition coefficient (Wildman–Crippen LogP) is 14.0. The summed E-state index contributed by atoms with van der Waals surface area (Å²) in [7, 11) is -2.83. The van der Waals surface area contributed by atoms with E-state index in [1.165, 1.54) is 86.3 Å². The Kier molecular flexibility index (Phi) is 9.23. The van der Waals surface area contributed by atoms with Gasteiger partial charge in [-0.15, -0.1) is 0 Å². The van der Waals surface area contributed by atoms with Crippen LogP contribution < -0.4 is 20.7 Å². The smallest absolute Gasteiger partial charge is 0.179 e. The molecule has 328 valence electrons. The van der Waals surface area contributed by atoms with E-state index in [0.717, 1.165) is 28.1 Å². The van der Waals surface area contributed by atoms with Crippen molar-refractivity contribution in [3.8, 4) is 28.2 Å². The molecule has 0 atom stereocenters. The van der Waals surface area contributed by atoms with Crippen LogP contribution in [0.4, 0.5) is 0 Å². The van der Waals surface area contributed by atoms with Crippen LogP contribution in [0.2, 0.25) is 0 Å². The zero-order chi connectivity index (χ0) is 46.2. The fraction of sp³-hybridized carbons (Fsp3) is 0. The van der Waals surface area contributed by atoms with Crippen LogP contribution in [0.25, 0.3) is 93.6 Å². The minimum atomic E-state index is -2.83. The van der Waals surface area contributed by atoms with Crippen molar-refractivity contribution in [2.45, 2.75) is 0 Å². The molecule has 0 aliphatic carbocycles. The molecule has 0 aliphatic heterocycles. The second kappa shape index (κ2) is 16.1.